The fourth-order valence-corrected chi connectivity index (χ4v) is 2.31. The van der Waals surface area contributed by atoms with Crippen LogP contribution in [-0.4, -0.2) is 12.2 Å². The number of hydrogen-bond acceptors (Lipinski definition) is 2. The minimum atomic E-state index is -0.469. The molecule has 0 saturated heterocycles. The molecule has 0 aliphatic rings. The molecule has 2 aromatic rings. The number of methoxy groups -OCH3 is 1. The van der Waals surface area contributed by atoms with Crippen molar-refractivity contribution in [3.8, 4) is 5.75 Å². The maximum Gasteiger partial charge on any atom is 0.119 e. The summed E-state index contributed by atoms with van der Waals surface area (Å²) in [6, 6.07) is 15.9. The molecule has 0 heterocycles. The van der Waals surface area contributed by atoms with Crippen LogP contribution in [-0.2, 0) is 12.8 Å². The number of rotatable bonds is 5. The Labute approximate surface area is 114 Å². The molecule has 2 rings (SSSR count). The quantitative estimate of drug-likeness (QED) is 0.886. The molecule has 0 radical (unpaired) electrons. The molecule has 0 bridgehead atoms. The molecule has 2 aromatic carbocycles. The first-order valence-corrected chi connectivity index (χ1v) is 6.63. The summed E-state index contributed by atoms with van der Waals surface area (Å²) in [5.74, 6) is 0.827. The number of aliphatic hydroxyl groups is 1. The molecule has 1 N–H and O–H groups in total. The van der Waals surface area contributed by atoms with E-state index in [4.69, 9.17) is 4.74 Å². The highest BCUT2D eigenvalue weighted by molar-refractivity contribution is 5.33. The van der Waals surface area contributed by atoms with Crippen LogP contribution in [0.3, 0.4) is 0 Å². The van der Waals surface area contributed by atoms with Crippen LogP contribution in [0.5, 0.6) is 5.75 Å². The monoisotopic (exact) mass is 256 g/mol. The molecule has 0 spiro atoms. The highest BCUT2D eigenvalue weighted by atomic mass is 16.5. The summed E-state index contributed by atoms with van der Waals surface area (Å²) in [5.41, 5.74) is 3.31. The van der Waals surface area contributed by atoms with Crippen LogP contribution in [0.2, 0.25) is 0 Å². The van der Waals surface area contributed by atoms with Gasteiger partial charge in [0.2, 0.25) is 0 Å². The van der Waals surface area contributed by atoms with Gasteiger partial charge >= 0.3 is 0 Å². The van der Waals surface area contributed by atoms with E-state index in [-0.39, 0.29) is 0 Å². The van der Waals surface area contributed by atoms with Gasteiger partial charge in [-0.05, 0) is 35.2 Å². The van der Waals surface area contributed by atoms with E-state index < -0.39 is 6.10 Å². The lowest BCUT2D eigenvalue weighted by atomic mass is 9.96. The Hall–Kier alpha value is -1.80. The molecule has 0 fully saturated rings. The molecular formula is C17H20O2. The molecule has 2 heteroatoms. The Morgan fingerprint density at radius 1 is 1.11 bits per heavy atom. The number of aryl methyl sites for hydroxylation is 1. The average Bonchev–Trinajstić information content (AvgIpc) is 2.47. The summed E-state index contributed by atoms with van der Waals surface area (Å²) in [7, 11) is 1.65. The van der Waals surface area contributed by atoms with Crippen LogP contribution in [0.25, 0.3) is 0 Å². The van der Waals surface area contributed by atoms with E-state index >= 15 is 0 Å². The molecule has 0 amide bonds. The number of benzene rings is 2. The van der Waals surface area contributed by atoms with Crippen molar-refractivity contribution in [2.75, 3.05) is 7.11 Å². The number of aliphatic hydroxyl groups excluding tert-OH is 1. The summed E-state index contributed by atoms with van der Waals surface area (Å²) in [6.07, 6.45) is 1.07. The summed E-state index contributed by atoms with van der Waals surface area (Å²) < 4.78 is 5.21. The highest BCUT2D eigenvalue weighted by Gasteiger charge is 2.12. The van der Waals surface area contributed by atoms with Crippen molar-refractivity contribution < 1.29 is 9.84 Å². The van der Waals surface area contributed by atoms with Crippen LogP contribution in [0.1, 0.15) is 29.7 Å². The third-order valence-electron chi connectivity index (χ3n) is 3.36. The van der Waals surface area contributed by atoms with Gasteiger partial charge in [-0.1, -0.05) is 43.3 Å². The molecule has 2 nitrogen and oxygen atoms in total. The van der Waals surface area contributed by atoms with Gasteiger partial charge in [0.15, 0.2) is 0 Å². The van der Waals surface area contributed by atoms with E-state index in [1.807, 2.05) is 42.5 Å². The third kappa shape index (κ3) is 3.36. The van der Waals surface area contributed by atoms with Crippen LogP contribution in [0.4, 0.5) is 0 Å². The fourth-order valence-electron chi connectivity index (χ4n) is 2.31. The van der Waals surface area contributed by atoms with Gasteiger partial charge in [-0.25, -0.2) is 0 Å². The van der Waals surface area contributed by atoms with Crippen molar-refractivity contribution in [2.24, 2.45) is 0 Å². The minimum absolute atomic E-state index is 0.469. The lowest BCUT2D eigenvalue weighted by Crippen LogP contribution is -2.05. The second kappa shape index (κ2) is 6.39. The molecule has 1 atom stereocenters. The lowest BCUT2D eigenvalue weighted by Gasteiger charge is -2.15. The number of ether oxygens (including phenoxy) is 1. The van der Waals surface area contributed by atoms with Crippen molar-refractivity contribution >= 4 is 0 Å². The normalized spacial score (nSPS) is 12.2. The fraction of sp³-hybridized carbons (Fsp3) is 0.294. The van der Waals surface area contributed by atoms with E-state index in [1.165, 1.54) is 5.56 Å². The summed E-state index contributed by atoms with van der Waals surface area (Å²) >= 11 is 0. The van der Waals surface area contributed by atoms with Gasteiger partial charge in [0.05, 0.1) is 13.2 Å². The Morgan fingerprint density at radius 2 is 1.89 bits per heavy atom. The van der Waals surface area contributed by atoms with Gasteiger partial charge < -0.3 is 9.84 Å². The van der Waals surface area contributed by atoms with Crippen molar-refractivity contribution in [3.63, 3.8) is 0 Å². The van der Waals surface area contributed by atoms with E-state index in [0.29, 0.717) is 6.42 Å². The predicted octanol–water partition coefficient (Wildman–Crippen LogP) is 3.53. The van der Waals surface area contributed by atoms with Gasteiger partial charge in [-0.15, -0.1) is 0 Å². The largest absolute Gasteiger partial charge is 0.497 e. The van der Waals surface area contributed by atoms with Crippen LogP contribution in [0.15, 0.2) is 48.5 Å². The molecule has 0 saturated carbocycles. The van der Waals surface area contributed by atoms with E-state index in [2.05, 4.69) is 13.0 Å². The molecular weight excluding hydrogens is 236 g/mol. The van der Waals surface area contributed by atoms with Gasteiger partial charge in [0.1, 0.15) is 5.75 Å². The van der Waals surface area contributed by atoms with Crippen molar-refractivity contribution in [1.29, 1.82) is 0 Å². The Bertz CT molecular complexity index is 534. The topological polar surface area (TPSA) is 29.5 Å². The van der Waals surface area contributed by atoms with Gasteiger partial charge in [0, 0.05) is 6.42 Å². The van der Waals surface area contributed by atoms with Crippen LogP contribution >= 0.6 is 0 Å². The zero-order chi connectivity index (χ0) is 13.7. The van der Waals surface area contributed by atoms with Gasteiger partial charge in [-0.3, -0.25) is 0 Å². The van der Waals surface area contributed by atoms with Crippen molar-refractivity contribution in [2.45, 2.75) is 25.9 Å². The van der Waals surface area contributed by atoms with Crippen molar-refractivity contribution in [3.05, 3.63) is 65.2 Å². The maximum atomic E-state index is 10.4. The lowest BCUT2D eigenvalue weighted by molar-refractivity contribution is 0.177. The first-order valence-electron chi connectivity index (χ1n) is 6.63. The van der Waals surface area contributed by atoms with E-state index in [0.717, 1.165) is 23.3 Å². The van der Waals surface area contributed by atoms with E-state index in [1.54, 1.807) is 7.11 Å². The zero-order valence-corrected chi connectivity index (χ0v) is 11.5. The first-order chi connectivity index (χ1) is 9.24. The molecule has 0 aromatic heterocycles. The molecule has 100 valence electrons. The summed E-state index contributed by atoms with van der Waals surface area (Å²) in [4.78, 5) is 0. The van der Waals surface area contributed by atoms with E-state index in [9.17, 15) is 5.11 Å². The van der Waals surface area contributed by atoms with Gasteiger partial charge in [-0.2, -0.15) is 0 Å². The van der Waals surface area contributed by atoms with Crippen molar-refractivity contribution in [1.82, 2.24) is 0 Å². The average molecular weight is 256 g/mol. The first kappa shape index (κ1) is 13.6. The summed E-state index contributed by atoms with van der Waals surface area (Å²) in [6.45, 7) is 2.11. The van der Waals surface area contributed by atoms with Crippen LogP contribution in [0, 0.1) is 0 Å². The standard InChI is InChI=1S/C17H20O2/c1-3-14-8-4-5-10-16(14)17(18)12-13-7-6-9-15(11-13)19-2/h4-11,17-18H,3,12H2,1-2H3. The second-order valence-electron chi connectivity index (χ2n) is 4.62. The third-order valence-corrected chi connectivity index (χ3v) is 3.36. The predicted molar refractivity (Wildman–Crippen MR) is 77.5 cm³/mol. The Kier molecular flexibility index (Phi) is 4.58. The second-order valence-corrected chi connectivity index (χ2v) is 4.62. The smallest absolute Gasteiger partial charge is 0.119 e. The molecule has 0 aliphatic carbocycles. The molecule has 1 unspecified atom stereocenters. The minimum Gasteiger partial charge on any atom is -0.497 e. The number of hydrogen-bond donors (Lipinski definition) is 1. The van der Waals surface area contributed by atoms with Crippen LogP contribution < -0.4 is 4.74 Å². The zero-order valence-electron chi connectivity index (χ0n) is 11.5. The maximum absolute atomic E-state index is 10.4. The Balaban J connectivity index is 2.18. The Morgan fingerprint density at radius 3 is 2.63 bits per heavy atom. The molecule has 0 aliphatic heterocycles. The molecule has 19 heavy (non-hydrogen) atoms. The highest BCUT2D eigenvalue weighted by Crippen LogP contribution is 2.24. The SMILES string of the molecule is CCc1ccccc1C(O)Cc1cccc(OC)c1. The summed E-state index contributed by atoms with van der Waals surface area (Å²) in [5, 5.41) is 10.4. The van der Waals surface area contributed by atoms with Gasteiger partial charge in [0.25, 0.3) is 0 Å².